The van der Waals surface area contributed by atoms with Crippen LogP contribution in [0.2, 0.25) is 0 Å². The van der Waals surface area contributed by atoms with E-state index < -0.39 is 0 Å². The van der Waals surface area contributed by atoms with Gasteiger partial charge in [0.1, 0.15) is 11.3 Å². The van der Waals surface area contributed by atoms with Gasteiger partial charge in [0.15, 0.2) is 5.16 Å². The van der Waals surface area contributed by atoms with Crippen molar-refractivity contribution in [3.8, 4) is 5.69 Å². The Hall–Kier alpha value is -2.65. The molecule has 168 valence electrons. The molecule has 1 aliphatic rings. The van der Waals surface area contributed by atoms with E-state index in [4.69, 9.17) is 4.74 Å². The second-order valence-corrected chi connectivity index (χ2v) is 10.2. The van der Waals surface area contributed by atoms with Crippen molar-refractivity contribution in [3.05, 3.63) is 52.7 Å². The third kappa shape index (κ3) is 5.05. The van der Waals surface area contributed by atoms with Gasteiger partial charge in [-0.25, -0.2) is 4.79 Å². The van der Waals surface area contributed by atoms with E-state index in [1.807, 2.05) is 48.7 Å². The Labute approximate surface area is 195 Å². The molecule has 1 amide bonds. The number of carbonyl (C=O) groups excluding carboxylic acids is 2. The lowest BCUT2D eigenvalue weighted by Crippen LogP contribution is -2.19. The zero-order valence-electron chi connectivity index (χ0n) is 18.3. The Balaban J connectivity index is 1.49. The number of fused-ring (bicyclic) bond motifs is 1. The number of nitrogens with one attached hydrogen (secondary N) is 1. The SMILES string of the molecule is CC1CCc2c(sc(NC(=O)CSc3nncn3-c3ccccc3)c2C(=O)OC(C)C)C1. The van der Waals surface area contributed by atoms with E-state index in [1.54, 1.807) is 6.33 Å². The topological polar surface area (TPSA) is 86.1 Å². The van der Waals surface area contributed by atoms with Crippen molar-refractivity contribution in [3.63, 3.8) is 0 Å². The second kappa shape index (κ2) is 9.87. The van der Waals surface area contributed by atoms with Crippen LogP contribution in [-0.4, -0.2) is 38.5 Å². The van der Waals surface area contributed by atoms with E-state index in [0.29, 0.717) is 21.6 Å². The Morgan fingerprint density at radius 3 is 2.84 bits per heavy atom. The molecule has 2 heterocycles. The van der Waals surface area contributed by atoms with Crippen molar-refractivity contribution >= 4 is 40.0 Å². The molecule has 0 saturated carbocycles. The van der Waals surface area contributed by atoms with Crippen LogP contribution in [0.5, 0.6) is 0 Å². The van der Waals surface area contributed by atoms with E-state index in [-0.39, 0.29) is 23.7 Å². The van der Waals surface area contributed by atoms with Crippen LogP contribution in [-0.2, 0) is 22.4 Å². The maximum Gasteiger partial charge on any atom is 0.341 e. The summed E-state index contributed by atoms with van der Waals surface area (Å²) in [6.07, 6.45) is 4.20. The number of benzene rings is 1. The Kier molecular flexibility index (Phi) is 6.95. The highest BCUT2D eigenvalue weighted by Gasteiger charge is 2.29. The van der Waals surface area contributed by atoms with Crippen molar-refractivity contribution in [1.82, 2.24) is 14.8 Å². The number of amides is 1. The number of carbonyl (C=O) groups is 2. The molecule has 9 heteroatoms. The molecule has 0 fully saturated rings. The predicted molar refractivity (Wildman–Crippen MR) is 127 cm³/mol. The molecule has 4 rings (SSSR count). The first-order valence-corrected chi connectivity index (χ1v) is 12.5. The smallest absolute Gasteiger partial charge is 0.341 e. The number of ether oxygens (including phenoxy) is 1. The number of para-hydroxylation sites is 1. The number of thiophene rings is 1. The van der Waals surface area contributed by atoms with Crippen molar-refractivity contribution in [2.75, 3.05) is 11.1 Å². The fourth-order valence-electron chi connectivity index (χ4n) is 3.71. The van der Waals surface area contributed by atoms with Crippen LogP contribution < -0.4 is 5.32 Å². The molecule has 0 saturated heterocycles. The number of esters is 1. The van der Waals surface area contributed by atoms with Gasteiger partial charge >= 0.3 is 5.97 Å². The average Bonchev–Trinajstić information content (AvgIpc) is 3.36. The molecule has 1 atom stereocenters. The van der Waals surface area contributed by atoms with Gasteiger partial charge in [0.05, 0.1) is 17.4 Å². The van der Waals surface area contributed by atoms with Gasteiger partial charge in [0.2, 0.25) is 5.91 Å². The van der Waals surface area contributed by atoms with Crippen molar-refractivity contribution in [1.29, 1.82) is 0 Å². The van der Waals surface area contributed by atoms with Gasteiger partial charge < -0.3 is 10.1 Å². The van der Waals surface area contributed by atoms with Crippen LogP contribution >= 0.6 is 23.1 Å². The van der Waals surface area contributed by atoms with Gasteiger partial charge in [0.25, 0.3) is 0 Å². The molecule has 1 aromatic carbocycles. The predicted octanol–water partition coefficient (Wildman–Crippen LogP) is 4.75. The summed E-state index contributed by atoms with van der Waals surface area (Å²) in [5.41, 5.74) is 2.49. The lowest BCUT2D eigenvalue weighted by Gasteiger charge is -2.18. The van der Waals surface area contributed by atoms with Crippen LogP contribution in [0.3, 0.4) is 0 Å². The number of hydrogen-bond acceptors (Lipinski definition) is 7. The summed E-state index contributed by atoms with van der Waals surface area (Å²) in [6.45, 7) is 5.87. The second-order valence-electron chi connectivity index (χ2n) is 8.17. The van der Waals surface area contributed by atoms with E-state index in [9.17, 15) is 9.59 Å². The monoisotopic (exact) mass is 470 g/mol. The molecular formula is C23H26N4O3S2. The molecule has 1 unspecified atom stereocenters. The zero-order valence-corrected chi connectivity index (χ0v) is 20.0. The molecular weight excluding hydrogens is 444 g/mol. The first-order chi connectivity index (χ1) is 15.4. The van der Waals surface area contributed by atoms with Gasteiger partial charge in [-0.05, 0) is 56.7 Å². The fourth-order valence-corrected chi connectivity index (χ4v) is 5.85. The first-order valence-electron chi connectivity index (χ1n) is 10.7. The average molecular weight is 471 g/mol. The summed E-state index contributed by atoms with van der Waals surface area (Å²) in [5, 5.41) is 12.3. The number of anilines is 1. The third-order valence-corrected chi connectivity index (χ3v) is 7.31. The standard InChI is InChI=1S/C23H26N4O3S2/c1-14(2)30-22(29)20-17-10-9-15(3)11-18(17)32-21(20)25-19(28)12-31-23-26-24-13-27(23)16-7-5-4-6-8-16/h4-8,13-15H,9-12H2,1-3H3,(H,25,28). The van der Waals surface area contributed by atoms with Crippen LogP contribution in [0.25, 0.3) is 5.69 Å². The number of nitrogens with zero attached hydrogens (tertiary/aromatic N) is 3. The van der Waals surface area contributed by atoms with Gasteiger partial charge in [-0.3, -0.25) is 9.36 Å². The summed E-state index contributed by atoms with van der Waals surface area (Å²) < 4.78 is 7.32. The minimum absolute atomic E-state index is 0.156. The highest BCUT2D eigenvalue weighted by Crippen LogP contribution is 2.40. The molecule has 7 nitrogen and oxygen atoms in total. The van der Waals surface area contributed by atoms with Crippen molar-refractivity contribution < 1.29 is 14.3 Å². The number of thioether (sulfide) groups is 1. The highest BCUT2D eigenvalue weighted by atomic mass is 32.2. The van der Waals surface area contributed by atoms with Gasteiger partial charge in [-0.15, -0.1) is 21.5 Å². The summed E-state index contributed by atoms with van der Waals surface area (Å²) >= 11 is 2.80. The van der Waals surface area contributed by atoms with Gasteiger partial charge in [0, 0.05) is 10.6 Å². The molecule has 0 aliphatic heterocycles. The van der Waals surface area contributed by atoms with Crippen molar-refractivity contribution in [2.24, 2.45) is 5.92 Å². The van der Waals surface area contributed by atoms with E-state index in [1.165, 1.54) is 28.0 Å². The van der Waals surface area contributed by atoms with Gasteiger partial charge in [-0.1, -0.05) is 36.9 Å². The molecule has 0 spiro atoms. The summed E-state index contributed by atoms with van der Waals surface area (Å²) in [6, 6.07) is 9.73. The molecule has 1 aliphatic carbocycles. The Bertz CT molecular complexity index is 1110. The quantitative estimate of drug-likeness (QED) is 0.396. The summed E-state index contributed by atoms with van der Waals surface area (Å²) in [4.78, 5) is 26.8. The van der Waals surface area contributed by atoms with Gasteiger partial charge in [-0.2, -0.15) is 0 Å². The largest absolute Gasteiger partial charge is 0.459 e. The number of aromatic nitrogens is 3. The lowest BCUT2D eigenvalue weighted by molar-refractivity contribution is -0.113. The molecule has 32 heavy (non-hydrogen) atoms. The third-order valence-electron chi connectivity index (χ3n) is 5.19. The Morgan fingerprint density at radius 1 is 1.31 bits per heavy atom. The van der Waals surface area contributed by atoms with Crippen LogP contribution in [0.1, 0.15) is 48.0 Å². The molecule has 2 aromatic heterocycles. The molecule has 0 bridgehead atoms. The van der Waals surface area contributed by atoms with E-state index in [2.05, 4.69) is 22.4 Å². The first kappa shape index (κ1) is 22.5. The number of rotatable bonds is 7. The van der Waals surface area contributed by atoms with Crippen LogP contribution in [0.4, 0.5) is 5.00 Å². The van der Waals surface area contributed by atoms with Crippen molar-refractivity contribution in [2.45, 2.75) is 51.3 Å². The van der Waals surface area contributed by atoms with E-state index in [0.717, 1.165) is 30.5 Å². The van der Waals surface area contributed by atoms with E-state index >= 15 is 0 Å². The van der Waals surface area contributed by atoms with Crippen LogP contribution in [0.15, 0.2) is 41.8 Å². The summed E-state index contributed by atoms with van der Waals surface area (Å²) in [5.74, 6) is 0.170. The number of hydrogen-bond donors (Lipinski definition) is 1. The summed E-state index contributed by atoms with van der Waals surface area (Å²) in [7, 11) is 0. The fraction of sp³-hybridized carbons (Fsp3) is 0.391. The highest BCUT2D eigenvalue weighted by molar-refractivity contribution is 7.99. The molecule has 0 radical (unpaired) electrons. The maximum absolute atomic E-state index is 12.8. The molecule has 3 aromatic rings. The zero-order chi connectivity index (χ0) is 22.7. The van der Waals surface area contributed by atoms with Crippen LogP contribution in [0, 0.1) is 5.92 Å². The normalized spacial score (nSPS) is 15.4. The minimum Gasteiger partial charge on any atom is -0.459 e. The maximum atomic E-state index is 12.8. The Morgan fingerprint density at radius 2 is 2.09 bits per heavy atom. The minimum atomic E-state index is -0.362. The molecule has 1 N–H and O–H groups in total. The lowest BCUT2D eigenvalue weighted by atomic mass is 9.88.